The molecule has 5 heteroatoms. The molecule has 0 bridgehead atoms. The smallest absolute Gasteiger partial charge is 0.227 e. The van der Waals surface area contributed by atoms with E-state index in [1.165, 1.54) is 0 Å². The number of rotatable bonds is 4. The van der Waals surface area contributed by atoms with Crippen molar-refractivity contribution in [3.8, 4) is 0 Å². The van der Waals surface area contributed by atoms with Gasteiger partial charge in [0, 0.05) is 39.3 Å². The third-order valence-corrected chi connectivity index (χ3v) is 4.35. The van der Waals surface area contributed by atoms with Gasteiger partial charge in [0.1, 0.15) is 0 Å². The molecule has 0 spiro atoms. The largest absolute Gasteiger partial charge is 0.383 e. The minimum absolute atomic E-state index is 0.186. The quantitative estimate of drug-likeness (QED) is 0.790. The Morgan fingerprint density at radius 1 is 1.32 bits per heavy atom. The molecule has 19 heavy (non-hydrogen) atoms. The van der Waals surface area contributed by atoms with E-state index in [0.717, 1.165) is 58.7 Å². The third-order valence-electron chi connectivity index (χ3n) is 4.35. The lowest BCUT2D eigenvalue weighted by Gasteiger charge is -2.26. The maximum absolute atomic E-state index is 12.5. The van der Waals surface area contributed by atoms with Crippen molar-refractivity contribution in [1.82, 2.24) is 15.1 Å². The summed E-state index contributed by atoms with van der Waals surface area (Å²) in [6.45, 7) is 8.67. The maximum atomic E-state index is 12.5. The van der Waals surface area contributed by atoms with Crippen LogP contribution in [0.2, 0.25) is 0 Å². The number of hydrogen-bond acceptors (Lipinski definition) is 4. The molecule has 2 aliphatic rings. The Labute approximate surface area is 116 Å². The van der Waals surface area contributed by atoms with Crippen LogP contribution in [0, 0.1) is 5.92 Å². The van der Waals surface area contributed by atoms with Crippen molar-refractivity contribution in [2.24, 2.45) is 5.92 Å². The molecule has 0 aromatic carbocycles. The van der Waals surface area contributed by atoms with Crippen LogP contribution in [0.3, 0.4) is 0 Å². The van der Waals surface area contributed by atoms with Crippen LogP contribution in [0.15, 0.2) is 0 Å². The molecule has 0 saturated carbocycles. The Kier molecular flexibility index (Phi) is 5.60. The second kappa shape index (κ2) is 7.22. The van der Waals surface area contributed by atoms with Crippen LogP contribution in [0.1, 0.15) is 19.8 Å². The van der Waals surface area contributed by atoms with Gasteiger partial charge in [0.2, 0.25) is 5.91 Å². The minimum atomic E-state index is 0.186. The SMILES string of the molecule is COCCN1CCCN(C(=O)C2CCNC2C)CC1. The second-order valence-corrected chi connectivity index (χ2v) is 5.65. The zero-order valence-corrected chi connectivity index (χ0v) is 12.2. The van der Waals surface area contributed by atoms with Gasteiger partial charge in [0.25, 0.3) is 0 Å². The third kappa shape index (κ3) is 3.91. The van der Waals surface area contributed by atoms with Gasteiger partial charge in [-0.3, -0.25) is 9.69 Å². The average Bonchev–Trinajstić information content (AvgIpc) is 2.71. The van der Waals surface area contributed by atoms with Crippen LogP contribution >= 0.6 is 0 Å². The Hall–Kier alpha value is -0.650. The van der Waals surface area contributed by atoms with E-state index in [9.17, 15) is 4.79 Å². The number of ether oxygens (including phenoxy) is 1. The fourth-order valence-electron chi connectivity index (χ4n) is 3.07. The summed E-state index contributed by atoms with van der Waals surface area (Å²) in [4.78, 5) is 17.0. The molecule has 0 aliphatic carbocycles. The molecule has 2 fully saturated rings. The fraction of sp³-hybridized carbons (Fsp3) is 0.929. The summed E-state index contributed by atoms with van der Waals surface area (Å²) < 4.78 is 5.12. The molecule has 2 rings (SSSR count). The predicted molar refractivity (Wildman–Crippen MR) is 75.1 cm³/mol. The van der Waals surface area contributed by atoms with E-state index < -0.39 is 0 Å². The summed E-state index contributed by atoms with van der Waals surface area (Å²) in [5.74, 6) is 0.539. The lowest BCUT2D eigenvalue weighted by Crippen LogP contribution is -2.42. The highest BCUT2D eigenvalue weighted by molar-refractivity contribution is 5.80. The van der Waals surface area contributed by atoms with Gasteiger partial charge in [0.15, 0.2) is 0 Å². The first kappa shape index (κ1) is 14.8. The molecule has 2 saturated heterocycles. The fourth-order valence-corrected chi connectivity index (χ4v) is 3.07. The zero-order chi connectivity index (χ0) is 13.7. The van der Waals surface area contributed by atoms with Crippen molar-refractivity contribution in [3.05, 3.63) is 0 Å². The summed E-state index contributed by atoms with van der Waals surface area (Å²) in [5.41, 5.74) is 0. The number of amides is 1. The molecule has 5 nitrogen and oxygen atoms in total. The topological polar surface area (TPSA) is 44.8 Å². The maximum Gasteiger partial charge on any atom is 0.227 e. The second-order valence-electron chi connectivity index (χ2n) is 5.65. The first-order valence-electron chi connectivity index (χ1n) is 7.46. The first-order valence-corrected chi connectivity index (χ1v) is 7.46. The molecule has 2 aliphatic heterocycles. The molecule has 2 unspecified atom stereocenters. The van der Waals surface area contributed by atoms with Crippen molar-refractivity contribution in [2.45, 2.75) is 25.8 Å². The molecule has 1 N–H and O–H groups in total. The van der Waals surface area contributed by atoms with Crippen LogP contribution in [0.4, 0.5) is 0 Å². The Bertz CT molecular complexity index is 298. The van der Waals surface area contributed by atoms with Crippen LogP contribution in [-0.4, -0.2) is 74.7 Å². The zero-order valence-electron chi connectivity index (χ0n) is 12.2. The Balaban J connectivity index is 1.83. The number of carbonyl (C=O) groups is 1. The van der Waals surface area contributed by atoms with Gasteiger partial charge >= 0.3 is 0 Å². The van der Waals surface area contributed by atoms with Crippen molar-refractivity contribution in [1.29, 1.82) is 0 Å². The number of nitrogens with zero attached hydrogens (tertiary/aromatic N) is 2. The van der Waals surface area contributed by atoms with Crippen LogP contribution < -0.4 is 5.32 Å². The number of methoxy groups -OCH3 is 1. The van der Waals surface area contributed by atoms with Crippen molar-refractivity contribution in [2.75, 3.05) is 53.0 Å². The lowest BCUT2D eigenvalue weighted by atomic mass is 10.0. The molecule has 110 valence electrons. The molecule has 1 amide bonds. The van der Waals surface area contributed by atoms with Gasteiger partial charge in [-0.05, 0) is 32.9 Å². The predicted octanol–water partition coefficient (Wildman–Crippen LogP) is 0.165. The van der Waals surface area contributed by atoms with Gasteiger partial charge in [-0.15, -0.1) is 0 Å². The van der Waals surface area contributed by atoms with E-state index >= 15 is 0 Å². The van der Waals surface area contributed by atoms with Crippen molar-refractivity contribution >= 4 is 5.91 Å². The molecular weight excluding hydrogens is 242 g/mol. The summed E-state index contributed by atoms with van der Waals surface area (Å²) >= 11 is 0. The van der Waals surface area contributed by atoms with Crippen LogP contribution in [-0.2, 0) is 9.53 Å². The number of hydrogen-bond donors (Lipinski definition) is 1. The monoisotopic (exact) mass is 269 g/mol. The molecule has 0 radical (unpaired) electrons. The van der Waals surface area contributed by atoms with Crippen LogP contribution in [0.25, 0.3) is 0 Å². The summed E-state index contributed by atoms with van der Waals surface area (Å²) in [5, 5.41) is 3.37. The number of nitrogens with one attached hydrogen (secondary N) is 1. The highest BCUT2D eigenvalue weighted by Gasteiger charge is 2.33. The van der Waals surface area contributed by atoms with Crippen molar-refractivity contribution < 1.29 is 9.53 Å². The first-order chi connectivity index (χ1) is 9.22. The van der Waals surface area contributed by atoms with Gasteiger partial charge < -0.3 is 15.0 Å². The highest BCUT2D eigenvalue weighted by Crippen LogP contribution is 2.19. The van der Waals surface area contributed by atoms with E-state index in [0.29, 0.717) is 11.9 Å². The average molecular weight is 269 g/mol. The molecule has 0 aromatic rings. The Morgan fingerprint density at radius 3 is 2.84 bits per heavy atom. The molecular formula is C14H27N3O2. The van der Waals surface area contributed by atoms with Gasteiger partial charge in [-0.2, -0.15) is 0 Å². The summed E-state index contributed by atoms with van der Waals surface area (Å²) in [7, 11) is 1.74. The normalized spacial score (nSPS) is 29.5. The molecule has 2 atom stereocenters. The number of carbonyl (C=O) groups excluding carboxylic acids is 1. The van der Waals surface area contributed by atoms with E-state index in [4.69, 9.17) is 4.74 Å². The van der Waals surface area contributed by atoms with E-state index in [1.54, 1.807) is 7.11 Å². The van der Waals surface area contributed by atoms with E-state index in [1.807, 2.05) is 0 Å². The molecule has 0 aromatic heterocycles. The lowest BCUT2D eigenvalue weighted by molar-refractivity contribution is -0.135. The standard InChI is InChI=1S/C14H27N3O2/c1-12-13(4-5-15-12)14(18)17-7-3-6-16(8-9-17)10-11-19-2/h12-13,15H,3-11H2,1-2H3. The van der Waals surface area contributed by atoms with E-state index in [-0.39, 0.29) is 5.92 Å². The van der Waals surface area contributed by atoms with Crippen molar-refractivity contribution in [3.63, 3.8) is 0 Å². The van der Waals surface area contributed by atoms with Crippen LogP contribution in [0.5, 0.6) is 0 Å². The van der Waals surface area contributed by atoms with Gasteiger partial charge in [-0.25, -0.2) is 0 Å². The minimum Gasteiger partial charge on any atom is -0.383 e. The molecule has 2 heterocycles. The highest BCUT2D eigenvalue weighted by atomic mass is 16.5. The van der Waals surface area contributed by atoms with E-state index in [2.05, 4.69) is 22.0 Å². The summed E-state index contributed by atoms with van der Waals surface area (Å²) in [6, 6.07) is 0.334. The van der Waals surface area contributed by atoms with Gasteiger partial charge in [0.05, 0.1) is 12.5 Å². The summed E-state index contributed by atoms with van der Waals surface area (Å²) in [6.07, 6.45) is 2.06. The van der Waals surface area contributed by atoms with Gasteiger partial charge in [-0.1, -0.05) is 0 Å². The Morgan fingerprint density at radius 2 is 2.16 bits per heavy atom.